The van der Waals surface area contributed by atoms with Gasteiger partial charge in [0, 0.05) is 25.7 Å². The second kappa shape index (κ2) is 64.4. The molecule has 15 heteroatoms. The summed E-state index contributed by atoms with van der Waals surface area (Å²) < 4.78 is 43.7. The highest BCUT2D eigenvalue weighted by Crippen LogP contribution is 2.41. The van der Waals surface area contributed by atoms with Gasteiger partial charge < -0.3 is 53.6 Å². The number of unbranched alkanes of at least 4 members (excludes halogenated alkanes) is 32. The highest BCUT2D eigenvalue weighted by atomic mass is 16.8. The van der Waals surface area contributed by atoms with Gasteiger partial charge in [0.1, 0.15) is 43.7 Å². The molecule has 0 aromatic rings. The highest BCUT2D eigenvalue weighted by Gasteiger charge is 2.64. The van der Waals surface area contributed by atoms with E-state index in [0.29, 0.717) is 25.7 Å². The number of aliphatic hydroxyl groups excluding tert-OH is 4. The predicted octanol–water partition coefficient (Wildman–Crippen LogP) is 20.1. The van der Waals surface area contributed by atoms with Gasteiger partial charge in [0.2, 0.25) is 5.79 Å². The molecule has 2 aliphatic heterocycles. The molecule has 0 radical (unpaired) electrons. The van der Waals surface area contributed by atoms with Crippen LogP contribution in [0.2, 0.25) is 0 Å². The van der Waals surface area contributed by atoms with Gasteiger partial charge in [0.25, 0.3) is 0 Å². The van der Waals surface area contributed by atoms with Crippen LogP contribution in [0.15, 0.2) is 97.2 Å². The van der Waals surface area contributed by atoms with Crippen molar-refractivity contribution in [1.82, 2.24) is 0 Å². The third-order valence-electron chi connectivity index (χ3n) is 18.3. The summed E-state index contributed by atoms with van der Waals surface area (Å²) in [6.07, 6.45) is 66.2. The Morgan fingerprint density at radius 2 is 0.667 bits per heavy atom. The summed E-state index contributed by atoms with van der Waals surface area (Å²) in [7, 11) is 0. The number of hydrogen-bond acceptors (Lipinski definition) is 15. The molecule has 2 aliphatic rings. The van der Waals surface area contributed by atoms with Crippen LogP contribution in [-0.4, -0.2) is 119 Å². The molecule has 2 rings (SSSR count). The molecule has 0 saturated carbocycles. The molecule has 0 spiro atoms. The molecular formula is C84H142O15. The maximum atomic E-state index is 14.3. The second-order valence-electron chi connectivity index (χ2n) is 27.4. The SMILES string of the molecule is CCCCCC=CCC=CCCCCCCCC(=O)OC[C@H]1O[C@@](COC(=O)CCCCCCCC=CCC=CCCCCC)(O[C@H]2O[C@H](CO)[C@@H](O)[C@H](O)[C@H]2O)[C@@H](OC(=O)CCCCCCCC=CCC=CCCCCC)[C@@H]1OC(=O)CCCCCCCC=CCC=CCCCCC. The zero-order valence-corrected chi connectivity index (χ0v) is 62.7. The molecule has 99 heavy (non-hydrogen) atoms. The molecule has 0 aromatic carbocycles. The first kappa shape index (κ1) is 90.6. The van der Waals surface area contributed by atoms with E-state index in [9.17, 15) is 39.6 Å². The van der Waals surface area contributed by atoms with Gasteiger partial charge in [-0.25, -0.2) is 0 Å². The monoisotopic (exact) mass is 1390 g/mol. The van der Waals surface area contributed by atoms with Crippen molar-refractivity contribution in [3.05, 3.63) is 97.2 Å². The third-order valence-corrected chi connectivity index (χ3v) is 18.3. The van der Waals surface area contributed by atoms with Crippen molar-refractivity contribution in [2.75, 3.05) is 19.8 Å². The van der Waals surface area contributed by atoms with Gasteiger partial charge in [-0.05, 0) is 154 Å². The van der Waals surface area contributed by atoms with Crippen molar-refractivity contribution in [3.63, 3.8) is 0 Å². The van der Waals surface area contributed by atoms with Crippen LogP contribution in [0, 0.1) is 0 Å². The third kappa shape index (κ3) is 47.4. The first-order chi connectivity index (χ1) is 48.5. The van der Waals surface area contributed by atoms with E-state index < -0.39 is 98.5 Å². The topological polar surface area (TPSA) is 214 Å². The second-order valence-corrected chi connectivity index (χ2v) is 27.4. The summed E-state index contributed by atoms with van der Waals surface area (Å²) in [5.41, 5.74) is 0. The van der Waals surface area contributed by atoms with Crippen molar-refractivity contribution in [1.29, 1.82) is 0 Å². The van der Waals surface area contributed by atoms with Crippen molar-refractivity contribution in [2.24, 2.45) is 0 Å². The summed E-state index contributed by atoms with van der Waals surface area (Å²) in [6.45, 7) is 6.81. The van der Waals surface area contributed by atoms with E-state index in [4.69, 9.17) is 33.2 Å². The molecule has 568 valence electrons. The maximum absolute atomic E-state index is 14.3. The molecule has 2 fully saturated rings. The van der Waals surface area contributed by atoms with Crippen LogP contribution in [-0.2, 0) is 52.3 Å². The molecule has 4 N–H and O–H groups in total. The summed E-state index contributed by atoms with van der Waals surface area (Å²) in [4.78, 5) is 56.0. The zero-order valence-electron chi connectivity index (χ0n) is 62.7. The molecule has 2 heterocycles. The standard InChI is InChI=1S/C84H142O15/c1-5-9-13-17-21-25-29-33-37-41-45-49-53-57-61-65-74(86)93-70-73-81(96-76(88)67-63-59-55-51-47-43-39-35-31-27-23-19-15-11-7-3)82(97-77(89)68-64-60-56-52-48-44-40-36-32-28-24-20-16-12-8-4)84(98-73,99-83-80(92)79(91)78(90)72(69-85)95-83)71-94-75(87)66-62-58-54-50-46-42-38-34-30-26-22-18-14-10-6-2/h21-28,33-40,72-73,78-83,85,90-92H,5-20,29-32,41-71H2,1-4H3/t72-,73-,78-,79+,80-,81-,82+,83-,84+/m1/s1. The van der Waals surface area contributed by atoms with Gasteiger partial charge in [-0.3, -0.25) is 19.2 Å². The minimum absolute atomic E-state index is 0.00998. The lowest BCUT2D eigenvalue weighted by atomic mass is 9.98. The fourth-order valence-corrected chi connectivity index (χ4v) is 12.1. The van der Waals surface area contributed by atoms with Crippen molar-refractivity contribution < 1.29 is 72.8 Å². The summed E-state index contributed by atoms with van der Waals surface area (Å²) in [5, 5.41) is 43.7. The number of aliphatic hydroxyl groups is 4. The van der Waals surface area contributed by atoms with E-state index in [1.807, 2.05) is 0 Å². The zero-order chi connectivity index (χ0) is 71.8. The number of ether oxygens (including phenoxy) is 7. The highest BCUT2D eigenvalue weighted by molar-refractivity contribution is 5.71. The Hall–Kier alpha value is -4.48. The van der Waals surface area contributed by atoms with Gasteiger partial charge in [-0.1, -0.05) is 253 Å². The number of rotatable bonds is 65. The van der Waals surface area contributed by atoms with Crippen molar-refractivity contribution in [3.8, 4) is 0 Å². The van der Waals surface area contributed by atoms with E-state index in [1.54, 1.807) is 0 Å². The van der Waals surface area contributed by atoms with E-state index in [1.165, 1.54) is 77.0 Å². The molecule has 0 bridgehead atoms. The minimum Gasteiger partial charge on any atom is -0.463 e. The van der Waals surface area contributed by atoms with Gasteiger partial charge >= 0.3 is 23.9 Å². The van der Waals surface area contributed by atoms with Crippen molar-refractivity contribution in [2.45, 2.75) is 391 Å². The quantitative estimate of drug-likeness (QED) is 0.0193. The van der Waals surface area contributed by atoms with Crippen molar-refractivity contribution >= 4 is 23.9 Å². The minimum atomic E-state index is -2.42. The Morgan fingerprint density at radius 3 is 1.02 bits per heavy atom. The average molecular weight is 1390 g/mol. The number of carbonyl (C=O) groups excluding carboxylic acids is 4. The molecular weight excluding hydrogens is 1250 g/mol. The number of esters is 4. The maximum Gasteiger partial charge on any atom is 0.306 e. The molecule has 9 atom stereocenters. The van der Waals surface area contributed by atoms with Gasteiger partial charge in [-0.2, -0.15) is 0 Å². The Morgan fingerprint density at radius 1 is 0.354 bits per heavy atom. The van der Waals surface area contributed by atoms with Crippen LogP contribution in [0.25, 0.3) is 0 Å². The Kier molecular flexibility index (Phi) is 58.9. The fraction of sp³-hybridized carbons (Fsp3) is 0.762. The summed E-state index contributed by atoms with van der Waals surface area (Å²) in [5.74, 6) is -4.89. The Balaban J connectivity index is 2.38. The molecule has 0 amide bonds. The fourth-order valence-electron chi connectivity index (χ4n) is 12.1. The van der Waals surface area contributed by atoms with Crippen LogP contribution in [0.1, 0.15) is 336 Å². The van der Waals surface area contributed by atoms with Gasteiger partial charge in [-0.15, -0.1) is 0 Å². The number of hydrogen-bond donors (Lipinski definition) is 4. The molecule has 2 saturated heterocycles. The lowest BCUT2D eigenvalue weighted by Gasteiger charge is -2.43. The largest absolute Gasteiger partial charge is 0.463 e. The lowest BCUT2D eigenvalue weighted by molar-refractivity contribution is -0.384. The number of allylic oxidation sites excluding steroid dienone is 16. The van der Waals surface area contributed by atoms with Crippen LogP contribution in [0.5, 0.6) is 0 Å². The van der Waals surface area contributed by atoms with Gasteiger partial charge in [0.15, 0.2) is 18.5 Å². The van der Waals surface area contributed by atoms with E-state index in [-0.39, 0.29) is 25.7 Å². The first-order valence-corrected chi connectivity index (χ1v) is 40.0. The predicted molar refractivity (Wildman–Crippen MR) is 402 cm³/mol. The normalized spacial score (nSPS) is 21.4. The van der Waals surface area contributed by atoms with Crippen LogP contribution in [0.3, 0.4) is 0 Å². The van der Waals surface area contributed by atoms with Gasteiger partial charge in [0.05, 0.1) is 6.61 Å². The Bertz CT molecular complexity index is 2210. The lowest BCUT2D eigenvalue weighted by Crippen LogP contribution is -2.63. The molecule has 0 aliphatic carbocycles. The van der Waals surface area contributed by atoms with Crippen LogP contribution in [0.4, 0.5) is 0 Å². The molecule has 15 nitrogen and oxygen atoms in total. The molecule has 0 unspecified atom stereocenters. The van der Waals surface area contributed by atoms with Crippen LogP contribution < -0.4 is 0 Å². The summed E-state index contributed by atoms with van der Waals surface area (Å²) in [6, 6.07) is 0. The molecule has 0 aromatic heterocycles. The average Bonchev–Trinajstić information content (AvgIpc) is 1.62. The number of carbonyl (C=O) groups is 4. The van der Waals surface area contributed by atoms with E-state index >= 15 is 0 Å². The summed E-state index contributed by atoms with van der Waals surface area (Å²) >= 11 is 0. The Labute approximate surface area is 601 Å². The first-order valence-electron chi connectivity index (χ1n) is 40.0. The van der Waals surface area contributed by atoms with E-state index in [0.717, 1.165) is 180 Å². The van der Waals surface area contributed by atoms with E-state index in [2.05, 4.69) is 125 Å². The smallest absolute Gasteiger partial charge is 0.306 e. The van der Waals surface area contributed by atoms with Crippen LogP contribution >= 0.6 is 0 Å².